The molecule has 9 nitrogen and oxygen atoms in total. The van der Waals surface area contributed by atoms with Gasteiger partial charge in [-0.1, -0.05) is 50.2 Å². The molecular formula is C33H38ClN7O2. The molecule has 4 aromatic rings. The van der Waals surface area contributed by atoms with Crippen LogP contribution in [-0.2, 0) is 4.79 Å². The average molecular weight is 600 g/mol. The van der Waals surface area contributed by atoms with Gasteiger partial charge in [0.05, 0.1) is 27.5 Å². The molecule has 224 valence electrons. The second-order valence-electron chi connectivity index (χ2n) is 11.7. The fourth-order valence-electron chi connectivity index (χ4n) is 5.91. The zero-order chi connectivity index (χ0) is 31.2. The van der Waals surface area contributed by atoms with Crippen LogP contribution in [0.1, 0.15) is 44.9 Å². The molecule has 0 aliphatic carbocycles. The molecule has 0 bridgehead atoms. The van der Waals surface area contributed by atoms with Crippen LogP contribution in [0.15, 0.2) is 60.0 Å². The molecule has 2 unspecified atom stereocenters. The van der Waals surface area contributed by atoms with E-state index in [0.717, 1.165) is 22.5 Å². The van der Waals surface area contributed by atoms with Crippen LogP contribution >= 0.6 is 11.6 Å². The number of carbonyl (C=O) groups excluding carboxylic acids is 1. The third-order valence-electron chi connectivity index (χ3n) is 8.08. The summed E-state index contributed by atoms with van der Waals surface area (Å²) < 4.78 is 1.58. The highest BCUT2D eigenvalue weighted by molar-refractivity contribution is 6.34. The lowest BCUT2D eigenvalue weighted by molar-refractivity contribution is -0.128. The van der Waals surface area contributed by atoms with Crippen LogP contribution in [-0.4, -0.2) is 69.6 Å². The van der Waals surface area contributed by atoms with Crippen molar-refractivity contribution in [3.63, 3.8) is 0 Å². The van der Waals surface area contributed by atoms with Gasteiger partial charge < -0.3 is 14.7 Å². The first-order valence-electron chi connectivity index (χ1n) is 14.5. The molecule has 1 amide bonds. The van der Waals surface area contributed by atoms with Crippen molar-refractivity contribution < 1.29 is 4.79 Å². The van der Waals surface area contributed by atoms with Crippen LogP contribution in [0.5, 0.6) is 0 Å². The minimum atomic E-state index is -0.452. The Hall–Kier alpha value is -4.24. The van der Waals surface area contributed by atoms with E-state index in [4.69, 9.17) is 16.6 Å². The van der Waals surface area contributed by atoms with Crippen LogP contribution in [0.2, 0.25) is 5.02 Å². The highest BCUT2D eigenvalue weighted by atomic mass is 35.5. The monoisotopic (exact) mass is 599 g/mol. The van der Waals surface area contributed by atoms with Gasteiger partial charge in [0.1, 0.15) is 5.82 Å². The minimum absolute atomic E-state index is 0.0501. The quantitative estimate of drug-likeness (QED) is 0.266. The number of anilines is 2. The molecule has 10 heteroatoms. The van der Waals surface area contributed by atoms with E-state index in [-0.39, 0.29) is 23.9 Å². The van der Waals surface area contributed by atoms with Crippen molar-refractivity contribution in [3.05, 3.63) is 82.0 Å². The number of hydrogen-bond acceptors (Lipinski definition) is 7. The fourth-order valence-corrected chi connectivity index (χ4v) is 6.16. The van der Waals surface area contributed by atoms with E-state index in [9.17, 15) is 9.59 Å². The summed E-state index contributed by atoms with van der Waals surface area (Å²) in [7, 11) is 3.94. The Bertz CT molecular complexity index is 1780. The first kappa shape index (κ1) is 30.2. The molecule has 2 atom stereocenters. The second-order valence-corrected chi connectivity index (χ2v) is 12.1. The number of piperazine rings is 1. The summed E-state index contributed by atoms with van der Waals surface area (Å²) in [5.41, 5.74) is 4.71. The summed E-state index contributed by atoms with van der Waals surface area (Å²) in [5, 5.41) is 1.10. The predicted octanol–water partition coefficient (Wildman–Crippen LogP) is 5.61. The Morgan fingerprint density at radius 3 is 2.51 bits per heavy atom. The smallest absolute Gasteiger partial charge is 0.355 e. The van der Waals surface area contributed by atoms with Gasteiger partial charge in [0, 0.05) is 56.7 Å². The standard InChI is InChI=1S/C33H38ClN7O2/c1-9-27(42)39-17-22(6)40(18-21(39)5)31-24-16-25(34)29(23-12-10-11-13-26(23)38(7)8)36-32(24)41(33(43)37-31)30-20(4)14-15-35-28(30)19(2)3/h9-16,19,21-22H,1,17-18H2,2-8H3. The van der Waals surface area contributed by atoms with Crippen LogP contribution in [0.3, 0.4) is 0 Å². The van der Waals surface area contributed by atoms with Crippen LogP contribution in [0.25, 0.3) is 28.0 Å². The van der Waals surface area contributed by atoms with Gasteiger partial charge >= 0.3 is 5.69 Å². The normalized spacial score (nSPS) is 17.0. The molecule has 1 aliphatic heterocycles. The van der Waals surface area contributed by atoms with Crippen molar-refractivity contribution in [3.8, 4) is 16.9 Å². The molecule has 5 rings (SSSR count). The van der Waals surface area contributed by atoms with Crippen LogP contribution < -0.4 is 15.5 Å². The number of halogens is 1. The molecule has 1 saturated heterocycles. The molecule has 1 fully saturated rings. The molecule has 0 radical (unpaired) electrons. The molecule has 1 aliphatic rings. The van der Waals surface area contributed by atoms with Crippen molar-refractivity contribution in [2.75, 3.05) is 37.0 Å². The summed E-state index contributed by atoms with van der Waals surface area (Å²) in [6.07, 6.45) is 3.10. The Morgan fingerprint density at radius 2 is 1.84 bits per heavy atom. The van der Waals surface area contributed by atoms with Crippen LogP contribution in [0, 0.1) is 6.92 Å². The maximum atomic E-state index is 14.2. The molecule has 0 saturated carbocycles. The average Bonchev–Trinajstić information content (AvgIpc) is 2.97. The largest absolute Gasteiger partial charge is 0.377 e. The lowest BCUT2D eigenvalue weighted by Crippen LogP contribution is -2.58. The molecule has 1 aromatic carbocycles. The van der Waals surface area contributed by atoms with Crippen molar-refractivity contribution >= 4 is 40.0 Å². The number of hydrogen-bond donors (Lipinski definition) is 0. The Balaban J connectivity index is 1.84. The molecule has 4 heterocycles. The summed E-state index contributed by atoms with van der Waals surface area (Å²) in [6, 6.07) is 11.4. The third kappa shape index (κ3) is 5.38. The second kappa shape index (κ2) is 11.8. The number of rotatable bonds is 6. The maximum absolute atomic E-state index is 14.2. The van der Waals surface area contributed by atoms with Gasteiger partial charge in [-0.2, -0.15) is 4.98 Å². The Kier molecular flexibility index (Phi) is 8.29. The topological polar surface area (TPSA) is 87.5 Å². The molecule has 43 heavy (non-hydrogen) atoms. The summed E-state index contributed by atoms with van der Waals surface area (Å²) in [6.45, 7) is 14.7. The Labute approximate surface area is 257 Å². The molecule has 0 N–H and O–H groups in total. The lowest BCUT2D eigenvalue weighted by Gasteiger charge is -2.44. The zero-order valence-corrected chi connectivity index (χ0v) is 26.6. The van der Waals surface area contributed by atoms with Crippen molar-refractivity contribution in [1.29, 1.82) is 0 Å². The number of fused-ring (bicyclic) bond motifs is 1. The Morgan fingerprint density at radius 1 is 1.12 bits per heavy atom. The number of aryl methyl sites for hydroxylation is 1. The maximum Gasteiger partial charge on any atom is 0.355 e. The number of amides is 1. The van der Waals surface area contributed by atoms with Crippen molar-refractivity contribution in [1.82, 2.24) is 24.4 Å². The van der Waals surface area contributed by atoms with Gasteiger partial charge in [-0.3, -0.25) is 9.78 Å². The van der Waals surface area contributed by atoms with Crippen LogP contribution in [0.4, 0.5) is 11.5 Å². The minimum Gasteiger partial charge on any atom is -0.377 e. The van der Waals surface area contributed by atoms with E-state index in [1.165, 1.54) is 6.08 Å². The fraction of sp³-hybridized carbons (Fsp3) is 0.364. The van der Waals surface area contributed by atoms with Gasteiger partial charge in [-0.15, -0.1) is 0 Å². The predicted molar refractivity (Wildman–Crippen MR) is 175 cm³/mol. The van der Waals surface area contributed by atoms with Crippen molar-refractivity contribution in [2.45, 2.75) is 52.6 Å². The molecule has 0 spiro atoms. The molecule has 3 aromatic heterocycles. The van der Waals surface area contributed by atoms with E-state index < -0.39 is 5.69 Å². The van der Waals surface area contributed by atoms with Crippen molar-refractivity contribution in [2.24, 2.45) is 0 Å². The summed E-state index contributed by atoms with van der Waals surface area (Å²) in [5.74, 6) is 0.430. The zero-order valence-electron chi connectivity index (χ0n) is 25.8. The number of aromatic nitrogens is 4. The number of carbonyl (C=O) groups is 1. The first-order valence-corrected chi connectivity index (χ1v) is 14.9. The number of para-hydroxylation sites is 1. The number of benzene rings is 1. The summed E-state index contributed by atoms with van der Waals surface area (Å²) in [4.78, 5) is 47.1. The molecular weight excluding hydrogens is 562 g/mol. The van der Waals surface area contributed by atoms with E-state index >= 15 is 0 Å². The number of nitrogens with zero attached hydrogens (tertiary/aromatic N) is 7. The third-order valence-corrected chi connectivity index (χ3v) is 8.37. The van der Waals surface area contributed by atoms with E-state index in [0.29, 0.717) is 46.3 Å². The summed E-state index contributed by atoms with van der Waals surface area (Å²) >= 11 is 7.03. The van der Waals surface area contributed by atoms with Gasteiger partial charge in [-0.05, 0) is 56.5 Å². The van der Waals surface area contributed by atoms with E-state index in [1.54, 1.807) is 15.7 Å². The first-order chi connectivity index (χ1) is 20.4. The van der Waals surface area contributed by atoms with Gasteiger partial charge in [0.15, 0.2) is 5.65 Å². The van der Waals surface area contributed by atoms with Gasteiger partial charge in [-0.25, -0.2) is 14.3 Å². The SMILES string of the molecule is C=CC(=O)N1CC(C)N(c2nc(=O)n(-c3c(C)ccnc3C(C)C)c3nc(-c4ccccc4N(C)C)c(Cl)cc23)CC1C. The van der Waals surface area contributed by atoms with E-state index in [1.807, 2.05) is 76.2 Å². The lowest BCUT2D eigenvalue weighted by atomic mass is 10.0. The highest BCUT2D eigenvalue weighted by Crippen LogP contribution is 2.38. The van der Waals surface area contributed by atoms with Gasteiger partial charge in [0.2, 0.25) is 5.91 Å². The van der Waals surface area contributed by atoms with E-state index in [2.05, 4.69) is 35.3 Å². The number of pyridine rings is 2. The van der Waals surface area contributed by atoms with Gasteiger partial charge in [0.25, 0.3) is 0 Å². The highest BCUT2D eigenvalue weighted by Gasteiger charge is 2.34.